The minimum atomic E-state index is -3.14. The summed E-state index contributed by atoms with van der Waals surface area (Å²) in [4.78, 5) is 11.5. The smallest absolute Gasteiger partial charge is 0.303 e. The maximum absolute atomic E-state index is 12.0. The van der Waals surface area contributed by atoms with Crippen LogP contribution in [-0.4, -0.2) is 33.5 Å². The van der Waals surface area contributed by atoms with Crippen molar-refractivity contribution in [1.29, 1.82) is 0 Å². The van der Waals surface area contributed by atoms with Crippen LogP contribution in [0.4, 0.5) is 0 Å². The van der Waals surface area contributed by atoms with Crippen molar-refractivity contribution in [2.24, 2.45) is 52.2 Å². The summed E-state index contributed by atoms with van der Waals surface area (Å²) in [5, 5.41) is 31.9. The molecule has 0 heterocycles. The van der Waals surface area contributed by atoms with Crippen LogP contribution in [0.1, 0.15) is 103 Å². The number of fused-ring (bicyclic) bond motifs is 5. The molecule has 0 spiro atoms. The highest BCUT2D eigenvalue weighted by Gasteiger charge is 2.64. The zero-order valence-corrected chi connectivity index (χ0v) is 18.5. The zero-order valence-electron chi connectivity index (χ0n) is 26.5. The summed E-state index contributed by atoms with van der Waals surface area (Å²) in [7, 11) is 0. The number of carboxylic acids is 1. The molecule has 0 aromatic rings. The van der Waals surface area contributed by atoms with Gasteiger partial charge in [-0.3, -0.25) is 4.79 Å². The molecule has 0 aromatic heterocycles. The van der Waals surface area contributed by atoms with Gasteiger partial charge in [0.25, 0.3) is 0 Å². The van der Waals surface area contributed by atoms with Crippen molar-refractivity contribution in [2.45, 2.75) is 104 Å². The van der Waals surface area contributed by atoms with E-state index in [0.29, 0.717) is 32.1 Å². The summed E-state index contributed by atoms with van der Waals surface area (Å²) in [6.07, 6.45) is -3.82. The van der Waals surface area contributed by atoms with Gasteiger partial charge < -0.3 is 15.3 Å². The lowest BCUT2D eigenvalue weighted by Gasteiger charge is -2.64. The van der Waals surface area contributed by atoms with Crippen molar-refractivity contribution in [3.05, 3.63) is 0 Å². The fourth-order valence-corrected chi connectivity index (χ4v) is 8.58. The van der Waals surface area contributed by atoms with Crippen LogP contribution in [0, 0.1) is 52.2 Å². The summed E-state index contributed by atoms with van der Waals surface area (Å²) < 4.78 is 67.0. The molecule has 0 radical (unpaired) electrons. The van der Waals surface area contributed by atoms with Crippen LogP contribution in [0.15, 0.2) is 0 Å². The molecule has 0 amide bonds. The van der Waals surface area contributed by atoms with E-state index in [1.54, 1.807) is 0 Å². The Hall–Kier alpha value is -0.610. The quantitative estimate of drug-likeness (QED) is 0.568. The van der Waals surface area contributed by atoms with E-state index in [0.717, 1.165) is 6.42 Å². The normalized spacial score (nSPS) is 59.3. The van der Waals surface area contributed by atoms with E-state index in [2.05, 4.69) is 6.92 Å². The number of aliphatic carboxylic acids is 1. The van der Waals surface area contributed by atoms with E-state index >= 15 is 0 Å². The molecule has 4 fully saturated rings. The largest absolute Gasteiger partial charge is 0.481 e. The third-order valence-corrected chi connectivity index (χ3v) is 10.0. The van der Waals surface area contributed by atoms with Gasteiger partial charge in [0.1, 0.15) is 0 Å². The Morgan fingerprint density at radius 2 is 1.83 bits per heavy atom. The van der Waals surface area contributed by atoms with Gasteiger partial charge in [0, 0.05) is 17.3 Å². The lowest BCUT2D eigenvalue weighted by molar-refractivity contribution is -0.203. The van der Waals surface area contributed by atoms with Gasteiger partial charge in [0.2, 0.25) is 0 Å². The monoisotopic (exact) mass is 428 g/mol. The van der Waals surface area contributed by atoms with Gasteiger partial charge in [-0.2, -0.15) is 0 Å². The zero-order chi connectivity index (χ0) is 28.9. The predicted molar refractivity (Wildman–Crippen MR) is 118 cm³/mol. The molecule has 4 heteroatoms. The number of aliphatic hydroxyl groups is 2. The minimum Gasteiger partial charge on any atom is -0.481 e. The molecule has 30 heavy (non-hydrogen) atoms. The molecule has 0 aromatic carbocycles. The second kappa shape index (κ2) is 8.06. The Kier molecular flexibility index (Phi) is 3.90. The molecule has 1 unspecified atom stereocenters. The summed E-state index contributed by atoms with van der Waals surface area (Å²) in [5.41, 5.74) is -0.990. The molecule has 0 aliphatic heterocycles. The molecule has 4 rings (SSSR count). The number of carboxylic acid groups (broad SMARTS) is 1. The van der Waals surface area contributed by atoms with E-state index in [9.17, 15) is 21.5 Å². The maximum atomic E-state index is 12.0. The number of carbonyl (C=O) groups is 1. The van der Waals surface area contributed by atoms with E-state index < -0.39 is 60.9 Å². The van der Waals surface area contributed by atoms with Crippen molar-refractivity contribution >= 4 is 5.97 Å². The average Bonchev–Trinajstić information content (AvgIpc) is 3.14. The average molecular weight is 429 g/mol. The fourth-order valence-electron chi connectivity index (χ4n) is 8.58. The Morgan fingerprint density at radius 3 is 2.53 bits per heavy atom. The highest BCUT2D eigenvalue weighted by Crippen LogP contribution is 2.69. The lowest BCUT2D eigenvalue weighted by atomic mass is 9.41. The number of aliphatic hydroxyl groups excluding tert-OH is 2. The second-order valence-corrected chi connectivity index (χ2v) is 11.2. The molecule has 172 valence electrons. The van der Waals surface area contributed by atoms with E-state index in [1.807, 2.05) is 13.8 Å². The summed E-state index contributed by atoms with van der Waals surface area (Å²) in [6, 6.07) is 0. The van der Waals surface area contributed by atoms with E-state index in [1.165, 1.54) is 0 Å². The summed E-state index contributed by atoms with van der Waals surface area (Å²) in [6.45, 7) is 2.85. The van der Waals surface area contributed by atoms with Gasteiger partial charge in [0.05, 0.1) is 12.2 Å². The van der Waals surface area contributed by atoms with Crippen molar-refractivity contribution < 1.29 is 31.1 Å². The molecule has 4 saturated carbocycles. The molecular formula is C26H44O4. The SMILES string of the molecule is [2H]C([2H])(C[C@@H](C)[C@H]1CC[C@H]2[C@@H]3[C@H](O)C([2H])(C([2H])([2H])C([2H])([2H])[2H])[C@@H]4C[C@H](O)CC[C@]4(C)[C@H]3CC[C@]12C)C(=O)O. The van der Waals surface area contributed by atoms with Gasteiger partial charge in [-0.15, -0.1) is 0 Å². The Bertz CT molecular complexity index is 943. The predicted octanol–water partition coefficient (Wildman–Crippen LogP) is 5.11. The lowest BCUT2D eigenvalue weighted by Crippen LogP contribution is -2.62. The second-order valence-electron chi connectivity index (χ2n) is 11.2. The van der Waals surface area contributed by atoms with Crippen LogP contribution in [0.5, 0.6) is 0 Å². The molecular weight excluding hydrogens is 376 g/mol. The first-order valence-corrected chi connectivity index (χ1v) is 11.8. The van der Waals surface area contributed by atoms with Crippen molar-refractivity contribution in [3.63, 3.8) is 0 Å². The Balaban J connectivity index is 1.77. The van der Waals surface area contributed by atoms with Gasteiger partial charge in [-0.1, -0.05) is 34.0 Å². The van der Waals surface area contributed by atoms with Crippen LogP contribution < -0.4 is 0 Å². The van der Waals surface area contributed by atoms with Gasteiger partial charge in [0.15, 0.2) is 0 Å². The number of rotatable bonds is 5. The molecule has 4 nitrogen and oxygen atoms in total. The highest BCUT2D eigenvalue weighted by molar-refractivity contribution is 5.66. The molecule has 0 bridgehead atoms. The minimum absolute atomic E-state index is 0.00621. The third kappa shape index (κ3) is 3.36. The van der Waals surface area contributed by atoms with Gasteiger partial charge >= 0.3 is 5.97 Å². The molecule has 11 atom stereocenters. The topological polar surface area (TPSA) is 77.8 Å². The molecule has 4 aliphatic carbocycles. The maximum Gasteiger partial charge on any atom is 0.303 e. The van der Waals surface area contributed by atoms with Crippen molar-refractivity contribution in [1.82, 2.24) is 0 Å². The van der Waals surface area contributed by atoms with Crippen LogP contribution >= 0.6 is 0 Å². The van der Waals surface area contributed by atoms with E-state index in [-0.39, 0.29) is 41.9 Å². The summed E-state index contributed by atoms with van der Waals surface area (Å²) in [5.74, 6) is -5.59. The highest BCUT2D eigenvalue weighted by atomic mass is 16.4. The number of hydrogen-bond acceptors (Lipinski definition) is 3. The molecule has 3 N–H and O–H groups in total. The van der Waals surface area contributed by atoms with Crippen LogP contribution in [0.2, 0.25) is 0 Å². The van der Waals surface area contributed by atoms with Crippen molar-refractivity contribution in [2.75, 3.05) is 0 Å². The number of hydrogen-bond donors (Lipinski definition) is 3. The Labute approximate surface area is 194 Å². The fraction of sp³-hybridized carbons (Fsp3) is 0.962. The van der Waals surface area contributed by atoms with Gasteiger partial charge in [-0.05, 0) is 104 Å². The van der Waals surface area contributed by atoms with E-state index in [4.69, 9.17) is 9.60 Å². The van der Waals surface area contributed by atoms with Gasteiger partial charge in [-0.25, -0.2) is 0 Å². The first-order chi connectivity index (χ1) is 17.2. The third-order valence-electron chi connectivity index (χ3n) is 10.0. The van der Waals surface area contributed by atoms with Crippen LogP contribution in [0.25, 0.3) is 0 Å². The molecule has 4 aliphatic rings. The first kappa shape index (κ1) is 14.5. The van der Waals surface area contributed by atoms with Crippen LogP contribution in [-0.2, 0) is 4.79 Å². The standard InChI is InChI=1S/C26H44O4/c1-5-17-21-14-16(27)10-12-26(21,4)20-11-13-25(3)18(15(2)6-9-22(28)29)7-8-19(25)23(20)24(17)30/h15-21,23-24,27,30H,5-14H2,1-4H3,(H,28,29)/t15-,16-,17?,18-,19+,20+,21+,23+,24-,25-,26-/m1/s1/i1D3,5D2,9D2,17D. The first-order valence-electron chi connectivity index (χ1n) is 15.8. The van der Waals surface area contributed by atoms with Crippen molar-refractivity contribution in [3.8, 4) is 0 Å². The molecule has 0 saturated heterocycles. The van der Waals surface area contributed by atoms with Crippen LogP contribution in [0.3, 0.4) is 0 Å². The Morgan fingerprint density at radius 1 is 1.13 bits per heavy atom. The summed E-state index contributed by atoms with van der Waals surface area (Å²) >= 11 is 0.